The number of aromatic nitrogens is 1. The van der Waals surface area contributed by atoms with Crippen LogP contribution in [0.15, 0.2) is 5.03 Å². The van der Waals surface area contributed by atoms with E-state index in [0.29, 0.717) is 11.3 Å². The van der Waals surface area contributed by atoms with Gasteiger partial charge >= 0.3 is 0 Å². The summed E-state index contributed by atoms with van der Waals surface area (Å²) in [5.74, 6) is 0.454. The highest BCUT2D eigenvalue weighted by atomic mass is 32.2. The Hall–Kier alpha value is -1.54. The molecule has 0 radical (unpaired) electrons. The molecule has 0 unspecified atom stereocenters. The van der Waals surface area contributed by atoms with Crippen LogP contribution in [0.3, 0.4) is 0 Å². The van der Waals surface area contributed by atoms with Gasteiger partial charge in [0.05, 0.1) is 11.3 Å². The highest BCUT2D eigenvalue weighted by Gasteiger charge is 2.21. The summed E-state index contributed by atoms with van der Waals surface area (Å²) in [6.45, 7) is 7.39. The second-order valence-corrected chi connectivity index (χ2v) is 6.13. The molecule has 112 valence electrons. The fourth-order valence-corrected chi connectivity index (χ4v) is 3.74. The third-order valence-electron chi connectivity index (χ3n) is 4.03. The second kappa shape index (κ2) is 6.95. The van der Waals surface area contributed by atoms with E-state index in [9.17, 15) is 10.1 Å². The maximum absolute atomic E-state index is 12.1. The number of pyridine rings is 1. The smallest absolute Gasteiger partial charge is 0.232 e. The molecule has 1 aromatic heterocycles. The summed E-state index contributed by atoms with van der Waals surface area (Å²) in [4.78, 5) is 18.5. The van der Waals surface area contributed by atoms with Gasteiger partial charge in [0, 0.05) is 18.8 Å². The quantitative estimate of drug-likeness (QED) is 0.785. The van der Waals surface area contributed by atoms with Gasteiger partial charge in [-0.2, -0.15) is 5.26 Å². The molecular formula is C16H21N3OS. The molecule has 5 heteroatoms. The number of amides is 1. The molecule has 0 atom stereocenters. The summed E-state index contributed by atoms with van der Waals surface area (Å²) in [6, 6.07) is 2.27. The van der Waals surface area contributed by atoms with E-state index in [-0.39, 0.29) is 5.91 Å². The molecular weight excluding hydrogens is 282 g/mol. The number of nitriles is 1. The zero-order chi connectivity index (χ0) is 15.4. The molecule has 1 aliphatic carbocycles. The molecule has 1 aliphatic rings. The predicted molar refractivity (Wildman–Crippen MR) is 84.4 cm³/mol. The summed E-state index contributed by atoms with van der Waals surface area (Å²) >= 11 is 1.39. The van der Waals surface area contributed by atoms with Crippen LogP contribution in [0.1, 0.15) is 42.7 Å². The van der Waals surface area contributed by atoms with Crippen molar-refractivity contribution in [3.63, 3.8) is 0 Å². The largest absolute Gasteiger partial charge is 0.343 e. The number of aryl methyl sites for hydroxylation is 1. The van der Waals surface area contributed by atoms with Crippen LogP contribution in [-0.2, 0) is 17.6 Å². The van der Waals surface area contributed by atoms with Gasteiger partial charge in [0.25, 0.3) is 0 Å². The normalized spacial score (nSPS) is 12.9. The Balaban J connectivity index is 2.19. The number of nitrogens with zero attached hydrogens (tertiary/aromatic N) is 3. The fourth-order valence-electron chi connectivity index (χ4n) is 2.78. The van der Waals surface area contributed by atoms with Crippen molar-refractivity contribution in [2.75, 3.05) is 18.8 Å². The summed E-state index contributed by atoms with van der Waals surface area (Å²) in [7, 11) is 0. The van der Waals surface area contributed by atoms with Crippen molar-refractivity contribution < 1.29 is 4.79 Å². The number of carbonyl (C=O) groups excluding carboxylic acids is 1. The molecule has 1 heterocycles. The lowest BCUT2D eigenvalue weighted by molar-refractivity contribution is -0.127. The fraction of sp³-hybridized carbons (Fsp3) is 0.562. The summed E-state index contributed by atoms with van der Waals surface area (Å²) in [5, 5.41) is 10.1. The first-order valence-electron chi connectivity index (χ1n) is 7.45. The molecule has 2 rings (SSSR count). The van der Waals surface area contributed by atoms with Crippen molar-refractivity contribution in [2.24, 2.45) is 0 Å². The molecule has 0 bridgehead atoms. The van der Waals surface area contributed by atoms with Crippen LogP contribution in [-0.4, -0.2) is 34.6 Å². The Morgan fingerprint density at radius 3 is 2.71 bits per heavy atom. The lowest BCUT2D eigenvalue weighted by atomic mass is 10.0. The van der Waals surface area contributed by atoms with Crippen molar-refractivity contribution in [3.8, 4) is 6.07 Å². The van der Waals surface area contributed by atoms with E-state index in [1.165, 1.54) is 17.3 Å². The number of thioether (sulfide) groups is 1. The number of rotatable bonds is 5. The molecule has 0 fully saturated rings. The standard InChI is InChI=1S/C16H21N3OS/c1-4-19(5-2)15(20)10-21-16-13(9-17)11(3)12-7-6-8-14(12)18-16/h4-8,10H2,1-3H3. The SMILES string of the molecule is CCN(CC)C(=O)CSc1nc2c(c(C)c1C#N)CCC2. The van der Waals surface area contributed by atoms with Gasteiger partial charge in [-0.3, -0.25) is 4.79 Å². The summed E-state index contributed by atoms with van der Waals surface area (Å²) < 4.78 is 0. The first-order valence-corrected chi connectivity index (χ1v) is 8.43. The van der Waals surface area contributed by atoms with E-state index < -0.39 is 0 Å². The van der Waals surface area contributed by atoms with Crippen LogP contribution in [0.5, 0.6) is 0 Å². The maximum atomic E-state index is 12.1. The van der Waals surface area contributed by atoms with Gasteiger partial charge in [-0.05, 0) is 51.2 Å². The molecule has 4 nitrogen and oxygen atoms in total. The molecule has 0 aliphatic heterocycles. The highest BCUT2D eigenvalue weighted by Crippen LogP contribution is 2.31. The lowest BCUT2D eigenvalue weighted by Gasteiger charge is -2.18. The molecule has 0 saturated carbocycles. The first kappa shape index (κ1) is 15.8. The molecule has 0 saturated heterocycles. The second-order valence-electron chi connectivity index (χ2n) is 5.16. The molecule has 21 heavy (non-hydrogen) atoms. The van der Waals surface area contributed by atoms with Crippen molar-refractivity contribution >= 4 is 17.7 Å². The van der Waals surface area contributed by atoms with Crippen molar-refractivity contribution in [3.05, 3.63) is 22.4 Å². The Morgan fingerprint density at radius 1 is 1.38 bits per heavy atom. The van der Waals surface area contributed by atoms with Gasteiger partial charge in [-0.1, -0.05) is 11.8 Å². The third kappa shape index (κ3) is 3.21. The average Bonchev–Trinajstić information content (AvgIpc) is 2.95. The number of carbonyl (C=O) groups is 1. The van der Waals surface area contributed by atoms with Gasteiger partial charge in [0.1, 0.15) is 11.1 Å². The molecule has 0 spiro atoms. The van der Waals surface area contributed by atoms with Crippen LogP contribution in [0.25, 0.3) is 0 Å². The summed E-state index contributed by atoms with van der Waals surface area (Å²) in [6.07, 6.45) is 3.12. The highest BCUT2D eigenvalue weighted by molar-refractivity contribution is 8.00. The van der Waals surface area contributed by atoms with Crippen LogP contribution in [0.4, 0.5) is 0 Å². The van der Waals surface area contributed by atoms with E-state index in [1.807, 2.05) is 20.8 Å². The Morgan fingerprint density at radius 2 is 2.10 bits per heavy atom. The molecule has 1 amide bonds. The Labute approximate surface area is 130 Å². The van der Waals surface area contributed by atoms with E-state index in [0.717, 1.165) is 48.6 Å². The van der Waals surface area contributed by atoms with Crippen LogP contribution in [0.2, 0.25) is 0 Å². The van der Waals surface area contributed by atoms with Crippen molar-refractivity contribution in [1.29, 1.82) is 5.26 Å². The number of fused-ring (bicyclic) bond motifs is 1. The van der Waals surface area contributed by atoms with Crippen molar-refractivity contribution in [2.45, 2.75) is 45.1 Å². The minimum absolute atomic E-state index is 0.105. The summed E-state index contributed by atoms with van der Waals surface area (Å²) in [5.41, 5.74) is 4.06. The minimum atomic E-state index is 0.105. The average molecular weight is 303 g/mol. The lowest BCUT2D eigenvalue weighted by Crippen LogP contribution is -2.31. The Kier molecular flexibility index (Phi) is 5.24. The first-order chi connectivity index (χ1) is 10.1. The maximum Gasteiger partial charge on any atom is 0.232 e. The molecule has 1 aromatic rings. The van der Waals surface area contributed by atoms with Crippen LogP contribution >= 0.6 is 11.8 Å². The van der Waals surface area contributed by atoms with Gasteiger partial charge in [-0.15, -0.1) is 0 Å². The topological polar surface area (TPSA) is 57.0 Å². The van der Waals surface area contributed by atoms with Gasteiger partial charge in [0.2, 0.25) is 5.91 Å². The predicted octanol–water partition coefficient (Wildman–Crippen LogP) is 2.71. The van der Waals surface area contributed by atoms with E-state index in [2.05, 4.69) is 11.1 Å². The van der Waals surface area contributed by atoms with Crippen LogP contribution in [0, 0.1) is 18.3 Å². The zero-order valence-electron chi connectivity index (χ0n) is 12.9. The monoisotopic (exact) mass is 303 g/mol. The number of hydrogen-bond acceptors (Lipinski definition) is 4. The van der Waals surface area contributed by atoms with Gasteiger partial charge in [-0.25, -0.2) is 4.98 Å². The van der Waals surface area contributed by atoms with Gasteiger partial charge < -0.3 is 4.90 Å². The van der Waals surface area contributed by atoms with E-state index in [1.54, 1.807) is 4.90 Å². The van der Waals surface area contributed by atoms with E-state index in [4.69, 9.17) is 0 Å². The van der Waals surface area contributed by atoms with Crippen molar-refractivity contribution in [1.82, 2.24) is 9.88 Å². The minimum Gasteiger partial charge on any atom is -0.343 e. The number of hydrogen-bond donors (Lipinski definition) is 0. The van der Waals surface area contributed by atoms with Crippen LogP contribution < -0.4 is 0 Å². The third-order valence-corrected chi connectivity index (χ3v) is 4.99. The van der Waals surface area contributed by atoms with Gasteiger partial charge in [0.15, 0.2) is 0 Å². The van der Waals surface area contributed by atoms with E-state index >= 15 is 0 Å². The zero-order valence-corrected chi connectivity index (χ0v) is 13.7. The molecule has 0 N–H and O–H groups in total. The molecule has 0 aromatic carbocycles. The Bertz CT molecular complexity index is 588.